The van der Waals surface area contributed by atoms with Gasteiger partial charge in [0, 0.05) is 41.1 Å². The molecule has 34 heavy (non-hydrogen) atoms. The first-order valence-corrected chi connectivity index (χ1v) is 10.5. The Hall–Kier alpha value is -3.86. The van der Waals surface area contributed by atoms with Gasteiger partial charge in [-0.25, -0.2) is 14.7 Å². The Labute approximate surface area is 196 Å². The van der Waals surface area contributed by atoms with Crippen LogP contribution in [-0.4, -0.2) is 38.5 Å². The third-order valence-electron chi connectivity index (χ3n) is 5.25. The Bertz CT molecular complexity index is 1390. The summed E-state index contributed by atoms with van der Waals surface area (Å²) in [5, 5.41) is 7.85. The minimum atomic E-state index is -4.44. The quantitative estimate of drug-likeness (QED) is 0.424. The number of nitrogens with one attached hydrogen (secondary N) is 1. The first-order valence-electron chi connectivity index (χ1n) is 10.1. The smallest absolute Gasteiger partial charge is 0.345 e. The van der Waals surface area contributed by atoms with Crippen molar-refractivity contribution in [2.75, 3.05) is 21.7 Å². The number of nitrogens with zero attached hydrogens (tertiary/aromatic N) is 6. The van der Waals surface area contributed by atoms with Gasteiger partial charge in [-0.15, -0.1) is 0 Å². The number of anilines is 4. The maximum atomic E-state index is 13.7. The molecule has 2 aromatic carbocycles. The van der Waals surface area contributed by atoms with Crippen LogP contribution >= 0.6 is 11.6 Å². The van der Waals surface area contributed by atoms with Crippen LogP contribution in [0.4, 0.5) is 41.1 Å². The summed E-state index contributed by atoms with van der Waals surface area (Å²) in [6.45, 7) is -1.15. The fourth-order valence-corrected chi connectivity index (χ4v) is 3.87. The lowest BCUT2D eigenvalue weighted by molar-refractivity contribution is -0.115. The van der Waals surface area contributed by atoms with Crippen molar-refractivity contribution >= 4 is 51.7 Å². The second-order valence-electron chi connectivity index (χ2n) is 7.74. The molecule has 0 radical (unpaired) electrons. The van der Waals surface area contributed by atoms with Crippen LogP contribution in [0.3, 0.4) is 0 Å². The molecule has 3 heterocycles. The van der Waals surface area contributed by atoms with Gasteiger partial charge >= 0.3 is 12.2 Å². The van der Waals surface area contributed by atoms with E-state index in [1.54, 1.807) is 39.9 Å². The van der Waals surface area contributed by atoms with Crippen LogP contribution in [0.15, 0.2) is 54.9 Å². The van der Waals surface area contributed by atoms with Crippen molar-refractivity contribution in [2.24, 2.45) is 7.05 Å². The van der Waals surface area contributed by atoms with Gasteiger partial charge in [-0.05, 0) is 42.5 Å². The molecular weight excluding hydrogens is 471 g/mol. The van der Waals surface area contributed by atoms with Gasteiger partial charge in [-0.1, -0.05) is 11.6 Å². The summed E-state index contributed by atoms with van der Waals surface area (Å²) in [6, 6.07) is 11.6. The molecule has 8 nitrogen and oxygen atoms in total. The lowest BCUT2D eigenvalue weighted by atomic mass is 10.1. The van der Waals surface area contributed by atoms with Gasteiger partial charge in [0.25, 0.3) is 0 Å². The molecule has 5 rings (SSSR count). The lowest BCUT2D eigenvalue weighted by Gasteiger charge is -2.36. The van der Waals surface area contributed by atoms with E-state index in [2.05, 4.69) is 20.4 Å². The van der Waals surface area contributed by atoms with Gasteiger partial charge in [0.05, 0.1) is 17.7 Å². The predicted molar refractivity (Wildman–Crippen MR) is 122 cm³/mol. The highest BCUT2D eigenvalue weighted by Gasteiger charge is 2.35. The SMILES string of the molecule is Cn1cc2cc(N3Cc4cnc(NCC(F)(F)F)nc4N(c4ccc(Cl)cc4)C3=O)ccc2n1. The Morgan fingerprint density at radius 2 is 1.85 bits per heavy atom. The number of alkyl halides is 3. The van der Waals surface area contributed by atoms with E-state index in [-0.39, 0.29) is 18.3 Å². The van der Waals surface area contributed by atoms with Crippen LogP contribution in [0.2, 0.25) is 5.02 Å². The second-order valence-corrected chi connectivity index (χ2v) is 8.17. The molecule has 12 heteroatoms. The Balaban J connectivity index is 1.58. The molecule has 2 aromatic heterocycles. The number of fused-ring (bicyclic) bond motifs is 2. The first kappa shape index (κ1) is 22.0. The molecule has 0 saturated heterocycles. The molecule has 1 N–H and O–H groups in total. The summed E-state index contributed by atoms with van der Waals surface area (Å²) < 4.78 is 39.7. The molecule has 0 fully saturated rings. The van der Waals surface area contributed by atoms with Crippen molar-refractivity contribution in [2.45, 2.75) is 12.7 Å². The number of carbonyl (C=O) groups excluding carboxylic acids is 1. The average Bonchev–Trinajstić information content (AvgIpc) is 3.17. The summed E-state index contributed by atoms with van der Waals surface area (Å²) in [5.74, 6) is -0.0289. The number of amides is 2. The zero-order chi connectivity index (χ0) is 24.0. The maximum absolute atomic E-state index is 13.7. The summed E-state index contributed by atoms with van der Waals surface area (Å²) >= 11 is 6.01. The van der Waals surface area contributed by atoms with Gasteiger partial charge in [-0.2, -0.15) is 23.3 Å². The Morgan fingerprint density at radius 1 is 1.12 bits per heavy atom. The second kappa shape index (κ2) is 8.17. The zero-order valence-corrected chi connectivity index (χ0v) is 18.5. The van der Waals surface area contributed by atoms with Crippen molar-refractivity contribution < 1.29 is 18.0 Å². The van der Waals surface area contributed by atoms with E-state index >= 15 is 0 Å². The minimum absolute atomic E-state index is 0.142. The van der Waals surface area contributed by atoms with Crippen LogP contribution in [0.25, 0.3) is 10.9 Å². The number of aromatic nitrogens is 4. The summed E-state index contributed by atoms with van der Waals surface area (Å²) in [7, 11) is 1.81. The van der Waals surface area contributed by atoms with Crippen molar-refractivity contribution in [3.8, 4) is 0 Å². The minimum Gasteiger partial charge on any atom is -0.345 e. The molecule has 0 unspecified atom stereocenters. The molecule has 0 spiro atoms. The largest absolute Gasteiger partial charge is 0.405 e. The monoisotopic (exact) mass is 487 g/mol. The molecule has 4 aromatic rings. The van der Waals surface area contributed by atoms with Crippen LogP contribution < -0.4 is 15.1 Å². The topological polar surface area (TPSA) is 79.2 Å². The normalized spacial score (nSPS) is 14.0. The van der Waals surface area contributed by atoms with E-state index in [0.29, 0.717) is 22.0 Å². The van der Waals surface area contributed by atoms with E-state index in [4.69, 9.17) is 11.6 Å². The molecule has 0 saturated carbocycles. The van der Waals surface area contributed by atoms with Gasteiger partial charge in [0.1, 0.15) is 6.54 Å². The van der Waals surface area contributed by atoms with E-state index in [9.17, 15) is 18.0 Å². The summed E-state index contributed by atoms with van der Waals surface area (Å²) in [4.78, 5) is 24.8. The van der Waals surface area contributed by atoms with Gasteiger partial charge in [0.2, 0.25) is 5.95 Å². The third-order valence-corrected chi connectivity index (χ3v) is 5.50. The van der Waals surface area contributed by atoms with Gasteiger partial charge in [0.15, 0.2) is 5.82 Å². The van der Waals surface area contributed by atoms with Crippen molar-refractivity contribution in [3.05, 3.63) is 65.4 Å². The number of hydrogen-bond acceptors (Lipinski definition) is 5. The highest BCUT2D eigenvalue weighted by Crippen LogP contribution is 2.37. The molecule has 1 aliphatic rings. The number of benzene rings is 2. The Morgan fingerprint density at radius 3 is 2.59 bits per heavy atom. The number of urea groups is 1. The fourth-order valence-electron chi connectivity index (χ4n) is 3.75. The van der Waals surface area contributed by atoms with Crippen molar-refractivity contribution in [1.82, 2.24) is 19.7 Å². The van der Waals surface area contributed by atoms with E-state index in [1.807, 2.05) is 25.4 Å². The number of rotatable bonds is 4. The maximum Gasteiger partial charge on any atom is 0.405 e. The predicted octanol–water partition coefficient (Wildman–Crippen LogP) is 5.27. The molecule has 0 bridgehead atoms. The number of halogens is 4. The van der Waals surface area contributed by atoms with Crippen LogP contribution in [-0.2, 0) is 13.6 Å². The van der Waals surface area contributed by atoms with E-state index < -0.39 is 18.8 Å². The first-order chi connectivity index (χ1) is 16.2. The Kier molecular flexibility index (Phi) is 5.28. The van der Waals surface area contributed by atoms with Gasteiger partial charge in [-0.3, -0.25) is 9.58 Å². The lowest BCUT2D eigenvalue weighted by Crippen LogP contribution is -2.45. The third kappa shape index (κ3) is 4.21. The van der Waals surface area contributed by atoms with E-state index in [0.717, 1.165) is 10.9 Å². The molecule has 0 atom stereocenters. The van der Waals surface area contributed by atoms with Gasteiger partial charge < -0.3 is 5.32 Å². The highest BCUT2D eigenvalue weighted by atomic mass is 35.5. The number of aryl methyl sites for hydroxylation is 1. The summed E-state index contributed by atoms with van der Waals surface area (Å²) in [5.41, 5.74) is 2.45. The molecule has 1 aliphatic heterocycles. The fraction of sp³-hybridized carbons (Fsp3) is 0.182. The van der Waals surface area contributed by atoms with Crippen LogP contribution in [0.1, 0.15) is 5.56 Å². The molecule has 0 aliphatic carbocycles. The standard InChI is InChI=1S/C22H17ClF3N7O/c1-31-10-13-8-17(6-7-18(13)30-31)32-11-14-9-27-20(28-12-22(24,25)26)29-19(14)33(21(32)34)16-4-2-15(23)3-5-16/h2-10H,11-12H2,1H3,(H,27,28,29). The number of hydrogen-bond donors (Lipinski definition) is 1. The summed E-state index contributed by atoms with van der Waals surface area (Å²) in [6.07, 6.45) is -1.17. The highest BCUT2D eigenvalue weighted by molar-refractivity contribution is 6.30. The van der Waals surface area contributed by atoms with Crippen molar-refractivity contribution in [3.63, 3.8) is 0 Å². The van der Waals surface area contributed by atoms with Crippen molar-refractivity contribution in [1.29, 1.82) is 0 Å². The molecular formula is C22H17ClF3N7O. The average molecular weight is 488 g/mol. The number of carbonyl (C=O) groups is 1. The van der Waals surface area contributed by atoms with Crippen LogP contribution in [0, 0.1) is 0 Å². The molecule has 2 amide bonds. The zero-order valence-electron chi connectivity index (χ0n) is 17.7. The van der Waals surface area contributed by atoms with Crippen LogP contribution in [0.5, 0.6) is 0 Å². The molecule has 174 valence electrons. The van der Waals surface area contributed by atoms with E-state index in [1.165, 1.54) is 11.1 Å².